The van der Waals surface area contributed by atoms with E-state index in [0.717, 1.165) is 17.7 Å². The number of carbonyl (C=O) groups is 2. The van der Waals surface area contributed by atoms with E-state index in [1.165, 1.54) is 30.3 Å². The molecule has 0 saturated heterocycles. The summed E-state index contributed by atoms with van der Waals surface area (Å²) in [5, 5.41) is 0. The van der Waals surface area contributed by atoms with Crippen LogP contribution in [0.25, 0.3) is 0 Å². The van der Waals surface area contributed by atoms with Crippen LogP contribution in [0.4, 0.5) is 19.3 Å². The van der Waals surface area contributed by atoms with Crippen LogP contribution in [0.1, 0.15) is 5.56 Å². The minimum absolute atomic E-state index is 0.0864. The van der Waals surface area contributed by atoms with Crippen LogP contribution in [0.15, 0.2) is 78.9 Å². The molecule has 2 aromatic carbocycles. The largest absolute Gasteiger partial charge is 0.489 e. The summed E-state index contributed by atoms with van der Waals surface area (Å²) in [5.74, 6) is -5.82. The van der Waals surface area contributed by atoms with Crippen molar-refractivity contribution in [2.75, 3.05) is 4.90 Å². The van der Waals surface area contributed by atoms with Crippen molar-refractivity contribution in [2.45, 2.75) is 12.5 Å². The lowest BCUT2D eigenvalue weighted by Gasteiger charge is -2.27. The molecule has 1 atom stereocenters. The van der Waals surface area contributed by atoms with Gasteiger partial charge in [0.25, 0.3) is 5.92 Å². The first-order valence-electron chi connectivity index (χ1n) is 8.52. The first kappa shape index (κ1) is 19.3. The molecule has 28 heavy (non-hydrogen) atoms. The van der Waals surface area contributed by atoms with E-state index in [1.54, 1.807) is 0 Å². The van der Waals surface area contributed by atoms with Crippen molar-refractivity contribution >= 4 is 17.6 Å². The molecule has 2 aromatic rings. The SMILES string of the molecule is NC(=O)N(C(=O)C1C=CC=CC1(F)F)c1ccc(OCc2ccccc2)cc1. The second kappa shape index (κ2) is 8.04. The topological polar surface area (TPSA) is 72.6 Å². The molecule has 1 aliphatic carbocycles. The summed E-state index contributed by atoms with van der Waals surface area (Å²) in [4.78, 5) is 24.9. The van der Waals surface area contributed by atoms with Crippen LogP contribution in [0, 0.1) is 5.92 Å². The zero-order chi connectivity index (χ0) is 20.1. The summed E-state index contributed by atoms with van der Waals surface area (Å²) in [7, 11) is 0. The van der Waals surface area contributed by atoms with Gasteiger partial charge >= 0.3 is 6.03 Å². The third-order valence-electron chi connectivity index (χ3n) is 4.20. The van der Waals surface area contributed by atoms with Crippen LogP contribution in [-0.4, -0.2) is 17.9 Å². The lowest BCUT2D eigenvalue weighted by atomic mass is 9.95. The van der Waals surface area contributed by atoms with E-state index >= 15 is 0 Å². The monoisotopic (exact) mass is 384 g/mol. The predicted octanol–water partition coefficient (Wildman–Crippen LogP) is 4.05. The molecule has 0 radical (unpaired) electrons. The Morgan fingerprint density at radius 3 is 2.32 bits per heavy atom. The van der Waals surface area contributed by atoms with Gasteiger partial charge in [0, 0.05) is 0 Å². The van der Waals surface area contributed by atoms with Crippen LogP contribution >= 0.6 is 0 Å². The smallest absolute Gasteiger partial charge is 0.326 e. The van der Waals surface area contributed by atoms with Crippen LogP contribution in [0.2, 0.25) is 0 Å². The molecule has 1 unspecified atom stereocenters. The molecule has 7 heteroatoms. The van der Waals surface area contributed by atoms with Crippen molar-refractivity contribution in [3.05, 3.63) is 84.5 Å². The zero-order valence-corrected chi connectivity index (χ0v) is 14.8. The number of benzene rings is 2. The number of rotatable bonds is 5. The number of allylic oxidation sites excluding steroid dienone is 3. The average molecular weight is 384 g/mol. The minimum Gasteiger partial charge on any atom is -0.489 e. The highest BCUT2D eigenvalue weighted by atomic mass is 19.3. The normalized spacial score (nSPS) is 17.1. The highest BCUT2D eigenvalue weighted by molar-refractivity contribution is 6.15. The molecule has 0 bridgehead atoms. The fourth-order valence-electron chi connectivity index (χ4n) is 2.77. The van der Waals surface area contributed by atoms with E-state index in [0.29, 0.717) is 23.3 Å². The maximum absolute atomic E-state index is 14.0. The van der Waals surface area contributed by atoms with Crippen LogP contribution < -0.4 is 15.4 Å². The highest BCUT2D eigenvalue weighted by Crippen LogP contribution is 2.33. The van der Waals surface area contributed by atoms with Gasteiger partial charge in [-0.05, 0) is 35.9 Å². The Balaban J connectivity index is 1.75. The maximum Gasteiger partial charge on any atom is 0.326 e. The second-order valence-corrected chi connectivity index (χ2v) is 6.18. The number of nitrogens with two attached hydrogens (primary N) is 1. The summed E-state index contributed by atoms with van der Waals surface area (Å²) in [6.45, 7) is 0.337. The number of carbonyl (C=O) groups excluding carboxylic acids is 2. The number of ether oxygens (including phenoxy) is 1. The van der Waals surface area contributed by atoms with Gasteiger partial charge in [-0.2, -0.15) is 0 Å². The van der Waals surface area contributed by atoms with Crippen LogP contribution in [0.5, 0.6) is 5.75 Å². The molecule has 5 nitrogen and oxygen atoms in total. The average Bonchev–Trinajstić information content (AvgIpc) is 2.67. The molecule has 0 heterocycles. The summed E-state index contributed by atoms with van der Waals surface area (Å²) >= 11 is 0. The number of amides is 3. The molecular formula is C21H18F2N2O3. The van der Waals surface area contributed by atoms with E-state index < -0.39 is 23.8 Å². The third kappa shape index (κ3) is 4.25. The fraction of sp³-hybridized carbons (Fsp3) is 0.143. The number of imide groups is 1. The molecule has 0 aromatic heterocycles. The van der Waals surface area contributed by atoms with Gasteiger partial charge in [0.05, 0.1) is 5.69 Å². The molecule has 144 valence electrons. The lowest BCUT2D eigenvalue weighted by Crippen LogP contribution is -2.48. The summed E-state index contributed by atoms with van der Waals surface area (Å²) in [5.41, 5.74) is 6.34. The van der Waals surface area contributed by atoms with E-state index in [2.05, 4.69) is 0 Å². The molecule has 1 aliphatic rings. The Labute approximate surface area is 160 Å². The van der Waals surface area contributed by atoms with Crippen molar-refractivity contribution in [3.8, 4) is 5.75 Å². The van der Waals surface area contributed by atoms with Gasteiger partial charge in [-0.1, -0.05) is 48.6 Å². The Bertz CT molecular complexity index is 909. The predicted molar refractivity (Wildman–Crippen MR) is 101 cm³/mol. The Hall–Kier alpha value is -3.48. The number of hydrogen-bond acceptors (Lipinski definition) is 3. The van der Waals surface area contributed by atoms with Gasteiger partial charge in [-0.25, -0.2) is 18.5 Å². The quantitative estimate of drug-likeness (QED) is 0.845. The summed E-state index contributed by atoms with van der Waals surface area (Å²) in [6, 6.07) is 14.3. The van der Waals surface area contributed by atoms with Crippen molar-refractivity contribution in [1.29, 1.82) is 0 Å². The van der Waals surface area contributed by atoms with Gasteiger partial charge in [0.2, 0.25) is 5.91 Å². The molecule has 0 fully saturated rings. The van der Waals surface area contributed by atoms with Crippen molar-refractivity contribution < 1.29 is 23.1 Å². The van der Waals surface area contributed by atoms with E-state index in [1.807, 2.05) is 30.3 Å². The van der Waals surface area contributed by atoms with Gasteiger partial charge in [0.1, 0.15) is 18.3 Å². The minimum atomic E-state index is -3.40. The Morgan fingerprint density at radius 2 is 1.71 bits per heavy atom. The molecule has 3 amide bonds. The van der Waals surface area contributed by atoms with E-state index in [-0.39, 0.29) is 5.69 Å². The van der Waals surface area contributed by atoms with E-state index in [9.17, 15) is 18.4 Å². The maximum atomic E-state index is 14.0. The number of urea groups is 1. The molecule has 0 aliphatic heterocycles. The standard InChI is InChI=1S/C21H18F2N2O3/c22-21(23)13-5-4-8-18(21)19(26)25(20(24)27)16-9-11-17(12-10-16)28-14-15-6-2-1-3-7-15/h1-13,18H,14H2,(H2,24,27). The number of halogens is 2. The number of nitrogens with zero attached hydrogens (tertiary/aromatic N) is 1. The lowest BCUT2D eigenvalue weighted by molar-refractivity contribution is -0.127. The first-order valence-corrected chi connectivity index (χ1v) is 8.52. The molecule has 2 N–H and O–H groups in total. The fourth-order valence-corrected chi connectivity index (χ4v) is 2.77. The number of hydrogen-bond donors (Lipinski definition) is 1. The molecular weight excluding hydrogens is 366 g/mol. The molecule has 3 rings (SSSR count). The summed E-state index contributed by atoms with van der Waals surface area (Å²) in [6.07, 6.45) is 4.15. The van der Waals surface area contributed by atoms with Gasteiger partial charge in [0.15, 0.2) is 0 Å². The Morgan fingerprint density at radius 1 is 1.04 bits per heavy atom. The third-order valence-corrected chi connectivity index (χ3v) is 4.20. The molecule has 0 saturated carbocycles. The highest BCUT2D eigenvalue weighted by Gasteiger charge is 2.44. The van der Waals surface area contributed by atoms with E-state index in [4.69, 9.17) is 10.5 Å². The number of alkyl halides is 2. The van der Waals surface area contributed by atoms with Crippen molar-refractivity contribution in [1.82, 2.24) is 0 Å². The van der Waals surface area contributed by atoms with Gasteiger partial charge < -0.3 is 10.5 Å². The van der Waals surface area contributed by atoms with Crippen LogP contribution in [-0.2, 0) is 11.4 Å². The number of primary amides is 1. The summed E-state index contributed by atoms with van der Waals surface area (Å²) < 4.78 is 33.7. The van der Waals surface area contributed by atoms with Gasteiger partial charge in [-0.15, -0.1) is 0 Å². The van der Waals surface area contributed by atoms with Crippen molar-refractivity contribution in [3.63, 3.8) is 0 Å². The Kier molecular flexibility index (Phi) is 5.54. The zero-order valence-electron chi connectivity index (χ0n) is 14.8. The molecule has 0 spiro atoms. The second-order valence-electron chi connectivity index (χ2n) is 6.18. The number of anilines is 1. The van der Waals surface area contributed by atoms with Gasteiger partial charge in [-0.3, -0.25) is 4.79 Å². The van der Waals surface area contributed by atoms with Crippen LogP contribution in [0.3, 0.4) is 0 Å². The van der Waals surface area contributed by atoms with Crippen molar-refractivity contribution in [2.24, 2.45) is 11.7 Å². The first-order chi connectivity index (χ1) is 13.4.